The fraction of sp³-hybridized carbons (Fsp3) is 0.500. The zero-order chi connectivity index (χ0) is 15.2. The lowest BCUT2D eigenvalue weighted by atomic mass is 9.93. The monoisotopic (exact) mass is 290 g/mol. The Balaban J connectivity index is 2.08. The molecule has 1 aromatic rings. The van der Waals surface area contributed by atoms with Crippen LogP contribution in [0, 0.1) is 0 Å². The van der Waals surface area contributed by atoms with Crippen LogP contribution in [-0.4, -0.2) is 29.6 Å². The molecule has 0 spiro atoms. The van der Waals surface area contributed by atoms with Crippen LogP contribution in [0.15, 0.2) is 24.3 Å². The summed E-state index contributed by atoms with van der Waals surface area (Å²) in [5, 5.41) is 15.0. The normalized spacial score (nSPS) is 18.6. The second-order valence-electron chi connectivity index (χ2n) is 5.38. The van der Waals surface area contributed by atoms with Gasteiger partial charge in [0.2, 0.25) is 5.91 Å². The van der Waals surface area contributed by atoms with Gasteiger partial charge in [-0.25, -0.2) is 4.79 Å². The van der Waals surface area contributed by atoms with E-state index in [9.17, 15) is 14.7 Å². The molecule has 0 aliphatic carbocycles. The van der Waals surface area contributed by atoms with E-state index in [0.29, 0.717) is 6.42 Å². The summed E-state index contributed by atoms with van der Waals surface area (Å²) in [6.45, 7) is 2.72. The largest absolute Gasteiger partial charge is 0.480 e. The molecule has 2 atom stereocenters. The lowest BCUT2D eigenvalue weighted by Gasteiger charge is -2.27. The molecule has 0 aromatic heterocycles. The van der Waals surface area contributed by atoms with Crippen molar-refractivity contribution in [2.45, 2.75) is 44.7 Å². The molecule has 5 heteroatoms. The van der Waals surface area contributed by atoms with Crippen LogP contribution < -0.4 is 10.6 Å². The van der Waals surface area contributed by atoms with Crippen molar-refractivity contribution < 1.29 is 14.7 Å². The van der Waals surface area contributed by atoms with Crippen molar-refractivity contribution in [3.63, 3.8) is 0 Å². The van der Waals surface area contributed by atoms with E-state index in [1.54, 1.807) is 0 Å². The van der Waals surface area contributed by atoms with Gasteiger partial charge in [-0.3, -0.25) is 4.79 Å². The van der Waals surface area contributed by atoms with Crippen molar-refractivity contribution >= 4 is 11.9 Å². The van der Waals surface area contributed by atoms with Crippen molar-refractivity contribution in [2.24, 2.45) is 0 Å². The number of benzene rings is 1. The van der Waals surface area contributed by atoms with Crippen LogP contribution in [0.3, 0.4) is 0 Å². The Morgan fingerprint density at radius 2 is 2.19 bits per heavy atom. The molecule has 0 fully saturated rings. The third-order valence-electron chi connectivity index (χ3n) is 3.83. The molecule has 2 rings (SSSR count). The highest BCUT2D eigenvalue weighted by molar-refractivity contribution is 5.88. The Kier molecular flexibility index (Phi) is 5.33. The molecule has 1 aromatic carbocycles. The fourth-order valence-corrected chi connectivity index (χ4v) is 2.66. The van der Waals surface area contributed by atoms with Crippen molar-refractivity contribution in [1.29, 1.82) is 0 Å². The van der Waals surface area contributed by atoms with Gasteiger partial charge < -0.3 is 15.7 Å². The number of unbranched alkanes of at least 4 members (excludes halogenated alkanes) is 1. The number of carboxylic acids is 1. The summed E-state index contributed by atoms with van der Waals surface area (Å²) < 4.78 is 0. The van der Waals surface area contributed by atoms with Gasteiger partial charge in [-0.15, -0.1) is 0 Å². The number of nitrogens with one attached hydrogen (secondary N) is 2. The minimum absolute atomic E-state index is 0.259. The molecule has 0 saturated heterocycles. The summed E-state index contributed by atoms with van der Waals surface area (Å²) >= 11 is 0. The molecule has 21 heavy (non-hydrogen) atoms. The molecule has 1 unspecified atom stereocenters. The van der Waals surface area contributed by atoms with Gasteiger partial charge in [0.1, 0.15) is 12.1 Å². The molecular formula is C16H22N2O3. The Bertz CT molecular complexity index is 516. The first-order valence-electron chi connectivity index (χ1n) is 7.48. The van der Waals surface area contributed by atoms with Crippen molar-refractivity contribution in [3.05, 3.63) is 35.4 Å². The van der Waals surface area contributed by atoms with Gasteiger partial charge in [0.15, 0.2) is 0 Å². The quantitative estimate of drug-likeness (QED) is 0.744. The Labute approximate surface area is 124 Å². The van der Waals surface area contributed by atoms with Crippen molar-refractivity contribution in [2.75, 3.05) is 6.54 Å². The third-order valence-corrected chi connectivity index (χ3v) is 3.83. The van der Waals surface area contributed by atoms with E-state index in [-0.39, 0.29) is 5.91 Å². The van der Waals surface area contributed by atoms with Gasteiger partial charge in [0, 0.05) is 6.54 Å². The van der Waals surface area contributed by atoms with Crippen molar-refractivity contribution in [1.82, 2.24) is 10.6 Å². The van der Waals surface area contributed by atoms with Gasteiger partial charge in [0.05, 0.1) is 0 Å². The summed E-state index contributed by atoms with van der Waals surface area (Å²) in [6.07, 6.45) is 3.04. The number of aliphatic carboxylic acids is 1. The molecule has 114 valence electrons. The van der Waals surface area contributed by atoms with E-state index in [4.69, 9.17) is 0 Å². The first kappa shape index (κ1) is 15.5. The van der Waals surface area contributed by atoms with E-state index >= 15 is 0 Å². The Hall–Kier alpha value is -1.88. The average molecular weight is 290 g/mol. The zero-order valence-electron chi connectivity index (χ0n) is 12.3. The summed E-state index contributed by atoms with van der Waals surface area (Å²) in [5.41, 5.74) is 2.10. The van der Waals surface area contributed by atoms with E-state index in [0.717, 1.165) is 36.9 Å². The van der Waals surface area contributed by atoms with Crippen LogP contribution in [0.25, 0.3) is 0 Å². The van der Waals surface area contributed by atoms with Crippen LogP contribution in [0.2, 0.25) is 0 Å². The van der Waals surface area contributed by atoms with Crippen molar-refractivity contribution in [3.8, 4) is 0 Å². The zero-order valence-corrected chi connectivity index (χ0v) is 12.3. The number of fused-ring (bicyclic) bond motifs is 1. The number of hydrogen-bond donors (Lipinski definition) is 3. The van der Waals surface area contributed by atoms with E-state index in [1.807, 2.05) is 31.2 Å². The summed E-state index contributed by atoms with van der Waals surface area (Å²) in [5.74, 6) is -1.23. The molecule has 1 heterocycles. The highest BCUT2D eigenvalue weighted by Crippen LogP contribution is 2.22. The van der Waals surface area contributed by atoms with Crippen LogP contribution in [0.4, 0.5) is 0 Å². The van der Waals surface area contributed by atoms with Gasteiger partial charge in [-0.05, 0) is 24.0 Å². The number of amides is 1. The predicted molar refractivity (Wildman–Crippen MR) is 80.0 cm³/mol. The van der Waals surface area contributed by atoms with Gasteiger partial charge in [-0.1, -0.05) is 44.0 Å². The summed E-state index contributed by atoms with van der Waals surface area (Å²) in [6, 6.07) is 6.53. The third kappa shape index (κ3) is 3.82. The smallest absolute Gasteiger partial charge is 0.326 e. The molecule has 1 aliphatic heterocycles. The molecule has 0 saturated carbocycles. The maximum absolute atomic E-state index is 12.4. The number of carbonyl (C=O) groups is 2. The number of carboxylic acid groups (broad SMARTS) is 1. The average Bonchev–Trinajstić information content (AvgIpc) is 2.50. The highest BCUT2D eigenvalue weighted by atomic mass is 16.4. The second-order valence-corrected chi connectivity index (χ2v) is 5.38. The molecule has 5 nitrogen and oxygen atoms in total. The number of carbonyl (C=O) groups excluding carboxylic acids is 1. The van der Waals surface area contributed by atoms with Crippen LogP contribution >= 0.6 is 0 Å². The molecule has 1 aliphatic rings. The number of hydrogen-bond acceptors (Lipinski definition) is 3. The second kappa shape index (κ2) is 7.22. The molecule has 0 bridgehead atoms. The standard InChI is InChI=1S/C16H22N2O3/c1-2-3-8-13(16(20)21)18-15(19)14-12-7-5-4-6-11(12)9-10-17-14/h4-7,13-14,17H,2-3,8-10H2,1H3,(H,18,19)(H,20,21)/t13-,14?/m0/s1. The minimum atomic E-state index is -0.971. The minimum Gasteiger partial charge on any atom is -0.480 e. The maximum atomic E-state index is 12.4. The van der Waals surface area contributed by atoms with Gasteiger partial charge in [0.25, 0.3) is 0 Å². The molecular weight excluding hydrogens is 268 g/mol. The lowest BCUT2D eigenvalue weighted by molar-refractivity contribution is -0.142. The van der Waals surface area contributed by atoms with E-state index in [2.05, 4.69) is 10.6 Å². The molecule has 1 amide bonds. The van der Waals surface area contributed by atoms with E-state index < -0.39 is 18.1 Å². The molecule has 3 N–H and O–H groups in total. The van der Waals surface area contributed by atoms with Crippen LogP contribution in [-0.2, 0) is 16.0 Å². The van der Waals surface area contributed by atoms with Crippen LogP contribution in [0.5, 0.6) is 0 Å². The predicted octanol–water partition coefficient (Wildman–Crippen LogP) is 1.63. The Morgan fingerprint density at radius 3 is 2.90 bits per heavy atom. The topological polar surface area (TPSA) is 78.4 Å². The first-order valence-corrected chi connectivity index (χ1v) is 7.48. The first-order chi connectivity index (χ1) is 10.1. The number of rotatable bonds is 6. The summed E-state index contributed by atoms with van der Waals surface area (Å²) in [7, 11) is 0. The maximum Gasteiger partial charge on any atom is 0.326 e. The Morgan fingerprint density at radius 1 is 1.43 bits per heavy atom. The van der Waals surface area contributed by atoms with Crippen LogP contribution in [0.1, 0.15) is 43.4 Å². The highest BCUT2D eigenvalue weighted by Gasteiger charge is 2.28. The van der Waals surface area contributed by atoms with E-state index in [1.165, 1.54) is 0 Å². The summed E-state index contributed by atoms with van der Waals surface area (Å²) in [4.78, 5) is 23.6. The SMILES string of the molecule is CCCC[C@H](NC(=O)C1NCCc2ccccc21)C(=O)O. The van der Waals surface area contributed by atoms with Gasteiger partial charge >= 0.3 is 5.97 Å². The lowest BCUT2D eigenvalue weighted by Crippen LogP contribution is -2.47. The van der Waals surface area contributed by atoms with Gasteiger partial charge in [-0.2, -0.15) is 0 Å². The fourth-order valence-electron chi connectivity index (χ4n) is 2.66. The molecule has 0 radical (unpaired) electrons.